The van der Waals surface area contributed by atoms with Gasteiger partial charge in [-0.3, -0.25) is 9.89 Å². The van der Waals surface area contributed by atoms with E-state index in [2.05, 4.69) is 31.4 Å². The molecular weight excluding hydrogens is 270 g/mol. The number of nitrogens with zero attached hydrogens (tertiary/aromatic N) is 1. The van der Waals surface area contributed by atoms with E-state index in [1.54, 1.807) is 6.20 Å². The quantitative estimate of drug-likeness (QED) is 0.821. The first kappa shape index (κ1) is 11.6. The molecule has 5 heteroatoms. The molecule has 1 fully saturated rings. The molecule has 0 atom stereocenters. The molecule has 1 aliphatic rings. The maximum atomic E-state index is 11.9. The van der Waals surface area contributed by atoms with Gasteiger partial charge in [0.2, 0.25) is 0 Å². The summed E-state index contributed by atoms with van der Waals surface area (Å²) in [6.45, 7) is 0. The molecule has 1 aromatic rings. The lowest BCUT2D eigenvalue weighted by atomic mass is 10.1. The summed E-state index contributed by atoms with van der Waals surface area (Å²) in [6.07, 6.45) is 8.81. The molecule has 0 bridgehead atoms. The Morgan fingerprint density at radius 1 is 1.38 bits per heavy atom. The summed E-state index contributed by atoms with van der Waals surface area (Å²) in [6, 6.07) is 0.324. The van der Waals surface area contributed by atoms with Crippen LogP contribution >= 0.6 is 15.9 Å². The number of hydrogen-bond donors (Lipinski definition) is 2. The molecule has 4 nitrogen and oxygen atoms in total. The largest absolute Gasteiger partial charge is 0.348 e. The Bertz CT molecular complexity index is 356. The number of H-pyrrole nitrogens is 1. The van der Waals surface area contributed by atoms with Crippen molar-refractivity contribution >= 4 is 21.8 Å². The topological polar surface area (TPSA) is 57.8 Å². The third-order valence-electron chi connectivity index (χ3n) is 3.01. The molecule has 1 aliphatic carbocycles. The monoisotopic (exact) mass is 285 g/mol. The van der Waals surface area contributed by atoms with Gasteiger partial charge in [-0.25, -0.2) is 0 Å². The van der Waals surface area contributed by atoms with Gasteiger partial charge in [0.1, 0.15) is 5.69 Å². The van der Waals surface area contributed by atoms with Crippen LogP contribution in [0.2, 0.25) is 0 Å². The van der Waals surface area contributed by atoms with Crippen LogP contribution in [0.5, 0.6) is 0 Å². The minimum absolute atomic E-state index is 0.0590. The Hall–Kier alpha value is -0.840. The van der Waals surface area contributed by atoms with E-state index in [-0.39, 0.29) is 5.91 Å². The SMILES string of the molecule is O=C(NC1CCCCCC1)c1[nH]ncc1Br. The van der Waals surface area contributed by atoms with Crippen LogP contribution in [-0.4, -0.2) is 22.1 Å². The Balaban J connectivity index is 1.93. The Kier molecular flexibility index (Phi) is 3.98. The first-order valence-electron chi connectivity index (χ1n) is 5.77. The van der Waals surface area contributed by atoms with Crippen LogP contribution in [0.15, 0.2) is 10.7 Å². The second-order valence-electron chi connectivity index (χ2n) is 4.25. The van der Waals surface area contributed by atoms with E-state index in [1.807, 2.05) is 0 Å². The van der Waals surface area contributed by atoms with Crippen LogP contribution in [0, 0.1) is 0 Å². The van der Waals surface area contributed by atoms with E-state index in [4.69, 9.17) is 0 Å². The van der Waals surface area contributed by atoms with E-state index in [0.29, 0.717) is 11.7 Å². The van der Waals surface area contributed by atoms with Crippen LogP contribution in [0.25, 0.3) is 0 Å². The number of aromatic amines is 1. The molecule has 1 saturated carbocycles. The highest BCUT2D eigenvalue weighted by Gasteiger charge is 2.18. The highest BCUT2D eigenvalue weighted by molar-refractivity contribution is 9.10. The van der Waals surface area contributed by atoms with Crippen LogP contribution in [0.3, 0.4) is 0 Å². The smallest absolute Gasteiger partial charge is 0.270 e. The molecular formula is C11H16BrN3O. The fourth-order valence-electron chi connectivity index (χ4n) is 2.11. The second-order valence-corrected chi connectivity index (χ2v) is 5.11. The van der Waals surface area contributed by atoms with Crippen molar-refractivity contribution < 1.29 is 4.79 Å². The summed E-state index contributed by atoms with van der Waals surface area (Å²) >= 11 is 3.29. The van der Waals surface area contributed by atoms with E-state index in [0.717, 1.165) is 17.3 Å². The van der Waals surface area contributed by atoms with Gasteiger partial charge in [0.15, 0.2) is 0 Å². The number of halogens is 1. The Morgan fingerprint density at radius 2 is 2.06 bits per heavy atom. The second kappa shape index (κ2) is 5.48. The molecule has 1 amide bonds. The van der Waals surface area contributed by atoms with Gasteiger partial charge in [-0.1, -0.05) is 25.7 Å². The average Bonchev–Trinajstić information content (AvgIpc) is 2.53. The molecule has 0 aromatic carbocycles. The van der Waals surface area contributed by atoms with Gasteiger partial charge in [0.25, 0.3) is 5.91 Å². The molecule has 0 aliphatic heterocycles. The number of amides is 1. The minimum Gasteiger partial charge on any atom is -0.348 e. The first-order chi connectivity index (χ1) is 7.77. The molecule has 0 saturated heterocycles. The summed E-state index contributed by atoms with van der Waals surface area (Å²) < 4.78 is 0.721. The maximum absolute atomic E-state index is 11.9. The molecule has 16 heavy (non-hydrogen) atoms. The van der Waals surface area contributed by atoms with E-state index < -0.39 is 0 Å². The van der Waals surface area contributed by atoms with Crippen LogP contribution in [0.1, 0.15) is 49.0 Å². The lowest BCUT2D eigenvalue weighted by molar-refractivity contribution is 0.0927. The van der Waals surface area contributed by atoms with E-state index >= 15 is 0 Å². The van der Waals surface area contributed by atoms with Crippen molar-refractivity contribution in [1.82, 2.24) is 15.5 Å². The fraction of sp³-hybridized carbons (Fsp3) is 0.636. The Labute approximate surface area is 103 Å². The van der Waals surface area contributed by atoms with Gasteiger partial charge < -0.3 is 5.32 Å². The molecule has 2 rings (SSSR count). The number of nitrogens with one attached hydrogen (secondary N) is 2. The van der Waals surface area contributed by atoms with Crippen molar-refractivity contribution in [3.8, 4) is 0 Å². The molecule has 2 N–H and O–H groups in total. The fourth-order valence-corrected chi connectivity index (χ4v) is 2.48. The zero-order valence-electron chi connectivity index (χ0n) is 9.13. The zero-order chi connectivity index (χ0) is 11.4. The Morgan fingerprint density at radius 3 is 2.62 bits per heavy atom. The first-order valence-corrected chi connectivity index (χ1v) is 6.56. The van der Waals surface area contributed by atoms with Gasteiger partial charge in [0.05, 0.1) is 10.7 Å². The number of aromatic nitrogens is 2. The molecule has 0 unspecified atom stereocenters. The van der Waals surface area contributed by atoms with Gasteiger partial charge in [-0.2, -0.15) is 5.10 Å². The molecule has 1 heterocycles. The highest BCUT2D eigenvalue weighted by atomic mass is 79.9. The van der Waals surface area contributed by atoms with Crippen LogP contribution < -0.4 is 5.32 Å². The molecule has 1 aromatic heterocycles. The van der Waals surface area contributed by atoms with Crippen molar-refractivity contribution in [2.45, 2.75) is 44.6 Å². The lowest BCUT2D eigenvalue weighted by Gasteiger charge is -2.15. The van der Waals surface area contributed by atoms with Crippen molar-refractivity contribution in [2.24, 2.45) is 0 Å². The standard InChI is InChI=1S/C11H16BrN3O/c12-9-7-13-15-10(9)11(16)14-8-5-3-1-2-4-6-8/h7-8H,1-6H2,(H,13,15)(H,14,16). The van der Waals surface area contributed by atoms with Crippen molar-refractivity contribution in [1.29, 1.82) is 0 Å². The zero-order valence-corrected chi connectivity index (χ0v) is 10.7. The van der Waals surface area contributed by atoms with Gasteiger partial charge in [0, 0.05) is 6.04 Å². The third-order valence-corrected chi connectivity index (χ3v) is 3.61. The minimum atomic E-state index is -0.0590. The summed E-state index contributed by atoms with van der Waals surface area (Å²) in [7, 11) is 0. The third kappa shape index (κ3) is 2.84. The van der Waals surface area contributed by atoms with Gasteiger partial charge >= 0.3 is 0 Å². The molecule has 0 spiro atoms. The predicted octanol–water partition coefficient (Wildman–Crippen LogP) is 2.62. The van der Waals surface area contributed by atoms with Crippen LogP contribution in [-0.2, 0) is 0 Å². The van der Waals surface area contributed by atoms with Crippen molar-refractivity contribution in [2.75, 3.05) is 0 Å². The summed E-state index contributed by atoms with van der Waals surface area (Å²) in [5.74, 6) is -0.0590. The molecule has 88 valence electrons. The maximum Gasteiger partial charge on any atom is 0.270 e. The number of carbonyl (C=O) groups is 1. The summed E-state index contributed by atoms with van der Waals surface area (Å²) in [5, 5.41) is 9.59. The lowest BCUT2D eigenvalue weighted by Crippen LogP contribution is -2.34. The predicted molar refractivity (Wildman–Crippen MR) is 65.2 cm³/mol. The number of hydrogen-bond acceptors (Lipinski definition) is 2. The number of rotatable bonds is 2. The van der Waals surface area contributed by atoms with E-state index in [9.17, 15) is 4.79 Å². The number of carbonyl (C=O) groups excluding carboxylic acids is 1. The van der Waals surface area contributed by atoms with Crippen molar-refractivity contribution in [3.05, 3.63) is 16.4 Å². The summed E-state index contributed by atoms with van der Waals surface area (Å²) in [5.41, 5.74) is 0.518. The normalized spacial score (nSPS) is 18.1. The van der Waals surface area contributed by atoms with Gasteiger partial charge in [-0.15, -0.1) is 0 Å². The van der Waals surface area contributed by atoms with Gasteiger partial charge in [-0.05, 0) is 28.8 Å². The van der Waals surface area contributed by atoms with E-state index in [1.165, 1.54) is 25.7 Å². The van der Waals surface area contributed by atoms with Crippen LogP contribution in [0.4, 0.5) is 0 Å². The van der Waals surface area contributed by atoms with Crippen molar-refractivity contribution in [3.63, 3.8) is 0 Å². The summed E-state index contributed by atoms with van der Waals surface area (Å²) in [4.78, 5) is 11.9. The highest BCUT2D eigenvalue weighted by Crippen LogP contribution is 2.18. The average molecular weight is 286 g/mol. The molecule has 0 radical (unpaired) electrons.